The molecule has 1 aromatic carbocycles. The molecule has 0 spiro atoms. The third-order valence-corrected chi connectivity index (χ3v) is 3.14. The van der Waals surface area contributed by atoms with Crippen LogP contribution in [0.4, 0.5) is 0 Å². The SMILES string of the molecule is CCc1cc(Br)ccc1C(O)C(O)CCl. The van der Waals surface area contributed by atoms with Gasteiger partial charge in [-0.15, -0.1) is 11.6 Å². The third kappa shape index (κ3) is 3.18. The summed E-state index contributed by atoms with van der Waals surface area (Å²) in [5.41, 5.74) is 1.76. The van der Waals surface area contributed by atoms with Crippen LogP contribution in [-0.2, 0) is 6.42 Å². The zero-order chi connectivity index (χ0) is 11.4. The molecule has 4 heteroatoms. The maximum Gasteiger partial charge on any atom is 0.106 e. The van der Waals surface area contributed by atoms with Gasteiger partial charge in [-0.1, -0.05) is 28.9 Å². The highest BCUT2D eigenvalue weighted by molar-refractivity contribution is 9.10. The number of aliphatic hydroxyl groups is 2. The van der Waals surface area contributed by atoms with Crippen LogP contribution in [0, 0.1) is 0 Å². The molecule has 1 rings (SSSR count). The summed E-state index contributed by atoms with van der Waals surface area (Å²) in [6, 6.07) is 5.60. The Morgan fingerprint density at radius 3 is 2.60 bits per heavy atom. The normalized spacial score (nSPS) is 15.0. The minimum Gasteiger partial charge on any atom is -0.389 e. The highest BCUT2D eigenvalue weighted by atomic mass is 79.9. The molecule has 0 aliphatic carbocycles. The fraction of sp³-hybridized carbons (Fsp3) is 0.455. The van der Waals surface area contributed by atoms with Gasteiger partial charge in [0.1, 0.15) is 6.10 Å². The van der Waals surface area contributed by atoms with Gasteiger partial charge < -0.3 is 10.2 Å². The van der Waals surface area contributed by atoms with Crippen molar-refractivity contribution in [2.24, 2.45) is 0 Å². The van der Waals surface area contributed by atoms with Crippen LogP contribution in [0.3, 0.4) is 0 Å². The first kappa shape index (κ1) is 13.0. The zero-order valence-corrected chi connectivity index (χ0v) is 10.8. The van der Waals surface area contributed by atoms with E-state index in [9.17, 15) is 10.2 Å². The van der Waals surface area contributed by atoms with E-state index in [0.717, 1.165) is 22.0 Å². The molecule has 2 atom stereocenters. The van der Waals surface area contributed by atoms with Crippen LogP contribution < -0.4 is 0 Å². The lowest BCUT2D eigenvalue weighted by Gasteiger charge is -2.18. The first-order chi connectivity index (χ1) is 7.10. The Kier molecular flexibility index (Phi) is 5.06. The molecule has 0 heterocycles. The Bertz CT molecular complexity index is 330. The molecule has 2 N–H and O–H groups in total. The quantitative estimate of drug-likeness (QED) is 0.838. The maximum absolute atomic E-state index is 9.84. The van der Waals surface area contributed by atoms with Crippen molar-refractivity contribution in [1.29, 1.82) is 0 Å². The van der Waals surface area contributed by atoms with Gasteiger partial charge in [-0.25, -0.2) is 0 Å². The summed E-state index contributed by atoms with van der Waals surface area (Å²) in [5, 5.41) is 19.3. The summed E-state index contributed by atoms with van der Waals surface area (Å²) in [6.45, 7) is 2.01. The minimum atomic E-state index is -0.918. The van der Waals surface area contributed by atoms with Gasteiger partial charge in [-0.2, -0.15) is 0 Å². The molecular formula is C11H14BrClO2. The standard InChI is InChI=1S/C11H14BrClO2/c1-2-7-5-8(12)3-4-9(7)11(15)10(14)6-13/h3-5,10-11,14-15H,2,6H2,1H3. The number of hydrogen-bond acceptors (Lipinski definition) is 2. The smallest absolute Gasteiger partial charge is 0.106 e. The van der Waals surface area contributed by atoms with E-state index in [2.05, 4.69) is 15.9 Å². The van der Waals surface area contributed by atoms with Crippen molar-refractivity contribution in [3.8, 4) is 0 Å². The first-order valence-electron chi connectivity index (χ1n) is 4.80. The van der Waals surface area contributed by atoms with Crippen molar-refractivity contribution >= 4 is 27.5 Å². The number of benzene rings is 1. The summed E-state index contributed by atoms with van der Waals surface area (Å²) in [5.74, 6) is 0.0282. The summed E-state index contributed by atoms with van der Waals surface area (Å²) < 4.78 is 0.968. The van der Waals surface area contributed by atoms with Crippen molar-refractivity contribution in [2.75, 3.05) is 5.88 Å². The van der Waals surface area contributed by atoms with Crippen LogP contribution in [0.1, 0.15) is 24.2 Å². The van der Waals surface area contributed by atoms with Gasteiger partial charge in [-0.05, 0) is 29.7 Å². The minimum absolute atomic E-state index is 0.0282. The first-order valence-corrected chi connectivity index (χ1v) is 6.13. The predicted molar refractivity (Wildman–Crippen MR) is 65.2 cm³/mol. The van der Waals surface area contributed by atoms with Gasteiger partial charge >= 0.3 is 0 Å². The molecule has 0 radical (unpaired) electrons. The van der Waals surface area contributed by atoms with E-state index in [1.165, 1.54) is 0 Å². The molecule has 0 saturated carbocycles. The molecule has 0 aliphatic rings. The van der Waals surface area contributed by atoms with E-state index in [1.54, 1.807) is 0 Å². The second kappa shape index (κ2) is 5.85. The lowest BCUT2D eigenvalue weighted by molar-refractivity contribution is 0.0322. The van der Waals surface area contributed by atoms with Gasteiger partial charge in [0.2, 0.25) is 0 Å². The molecule has 1 aromatic rings. The van der Waals surface area contributed by atoms with Gasteiger partial charge in [0.25, 0.3) is 0 Å². The second-order valence-corrected chi connectivity index (χ2v) is 4.59. The molecule has 0 fully saturated rings. The van der Waals surface area contributed by atoms with Gasteiger partial charge in [-0.3, -0.25) is 0 Å². The van der Waals surface area contributed by atoms with Gasteiger partial charge in [0.05, 0.1) is 12.0 Å². The largest absolute Gasteiger partial charge is 0.389 e. The molecule has 0 aliphatic heterocycles. The Labute approximate surface area is 103 Å². The topological polar surface area (TPSA) is 40.5 Å². The molecule has 15 heavy (non-hydrogen) atoms. The Balaban J connectivity index is 3.02. The second-order valence-electron chi connectivity index (χ2n) is 3.36. The van der Waals surface area contributed by atoms with Crippen LogP contribution in [0.5, 0.6) is 0 Å². The summed E-state index contributed by atoms with van der Waals surface area (Å²) in [7, 11) is 0. The van der Waals surface area contributed by atoms with E-state index in [1.807, 2.05) is 25.1 Å². The predicted octanol–water partition coefficient (Wildman–Crippen LogP) is 2.64. The lowest BCUT2D eigenvalue weighted by atomic mass is 9.98. The lowest BCUT2D eigenvalue weighted by Crippen LogP contribution is -2.20. The van der Waals surface area contributed by atoms with Crippen LogP contribution in [0.2, 0.25) is 0 Å². The van der Waals surface area contributed by atoms with Gasteiger partial charge in [0.15, 0.2) is 0 Å². The zero-order valence-electron chi connectivity index (χ0n) is 8.45. The molecule has 2 nitrogen and oxygen atoms in total. The molecule has 2 unspecified atom stereocenters. The monoisotopic (exact) mass is 292 g/mol. The van der Waals surface area contributed by atoms with Gasteiger partial charge in [0, 0.05) is 4.47 Å². The summed E-state index contributed by atoms with van der Waals surface area (Å²) >= 11 is 8.87. The van der Waals surface area contributed by atoms with Crippen LogP contribution in [-0.4, -0.2) is 22.2 Å². The fourth-order valence-corrected chi connectivity index (χ4v) is 2.04. The Hall–Kier alpha value is -0.0900. The van der Waals surface area contributed by atoms with E-state index >= 15 is 0 Å². The van der Waals surface area contributed by atoms with Crippen LogP contribution in [0.25, 0.3) is 0 Å². The molecule has 0 bridgehead atoms. The number of hydrogen-bond donors (Lipinski definition) is 2. The van der Waals surface area contributed by atoms with Crippen molar-refractivity contribution in [3.05, 3.63) is 33.8 Å². The third-order valence-electron chi connectivity index (χ3n) is 2.33. The molecular weight excluding hydrogens is 279 g/mol. The highest BCUT2D eigenvalue weighted by Crippen LogP contribution is 2.25. The van der Waals surface area contributed by atoms with E-state index in [4.69, 9.17) is 11.6 Å². The van der Waals surface area contributed by atoms with E-state index in [-0.39, 0.29) is 5.88 Å². The molecule has 0 aromatic heterocycles. The average molecular weight is 294 g/mol. The summed E-state index contributed by atoms with van der Waals surface area (Å²) in [4.78, 5) is 0. The number of alkyl halides is 1. The van der Waals surface area contributed by atoms with Crippen LogP contribution >= 0.6 is 27.5 Å². The Morgan fingerprint density at radius 1 is 1.40 bits per heavy atom. The molecule has 0 saturated heterocycles. The van der Waals surface area contributed by atoms with Crippen molar-refractivity contribution < 1.29 is 10.2 Å². The fourth-order valence-electron chi connectivity index (χ4n) is 1.46. The van der Waals surface area contributed by atoms with Crippen molar-refractivity contribution in [2.45, 2.75) is 25.6 Å². The number of aryl methyl sites for hydroxylation is 1. The Morgan fingerprint density at radius 2 is 2.07 bits per heavy atom. The number of rotatable bonds is 4. The van der Waals surface area contributed by atoms with Crippen LogP contribution in [0.15, 0.2) is 22.7 Å². The number of halogens is 2. The van der Waals surface area contributed by atoms with E-state index in [0.29, 0.717) is 0 Å². The molecule has 84 valence electrons. The highest BCUT2D eigenvalue weighted by Gasteiger charge is 2.19. The van der Waals surface area contributed by atoms with Crippen molar-refractivity contribution in [1.82, 2.24) is 0 Å². The maximum atomic E-state index is 9.84. The average Bonchev–Trinajstić information content (AvgIpc) is 2.26. The van der Waals surface area contributed by atoms with E-state index < -0.39 is 12.2 Å². The summed E-state index contributed by atoms with van der Waals surface area (Å²) in [6.07, 6.45) is -1.02. The number of aliphatic hydroxyl groups excluding tert-OH is 2. The van der Waals surface area contributed by atoms with Crippen molar-refractivity contribution in [3.63, 3.8) is 0 Å². The molecule has 0 amide bonds.